The molecule has 2 aromatic heterocycles. The van der Waals surface area contributed by atoms with E-state index in [4.69, 9.17) is 10.3 Å². The molecule has 0 saturated heterocycles. The van der Waals surface area contributed by atoms with Gasteiger partial charge in [-0.15, -0.1) is 11.3 Å². The minimum atomic E-state index is -0.962. The van der Waals surface area contributed by atoms with Crippen molar-refractivity contribution in [2.75, 3.05) is 0 Å². The van der Waals surface area contributed by atoms with Crippen LogP contribution in [0.3, 0.4) is 0 Å². The summed E-state index contributed by atoms with van der Waals surface area (Å²) in [4.78, 5) is 5.00. The van der Waals surface area contributed by atoms with Crippen LogP contribution in [0.15, 0.2) is 40.2 Å². The summed E-state index contributed by atoms with van der Waals surface area (Å²) in [5, 5.41) is 5.63. The third-order valence-electron chi connectivity index (χ3n) is 2.74. The third kappa shape index (κ3) is 2.33. The summed E-state index contributed by atoms with van der Waals surface area (Å²) in [7, 11) is 0. The number of aromatic nitrogens is 2. The molecule has 20 heavy (non-hydrogen) atoms. The van der Waals surface area contributed by atoms with Gasteiger partial charge in [-0.05, 0) is 29.6 Å². The zero-order chi connectivity index (χ0) is 14.1. The van der Waals surface area contributed by atoms with E-state index in [-0.39, 0.29) is 11.7 Å². The molecule has 7 heteroatoms. The van der Waals surface area contributed by atoms with Crippen LogP contribution in [0.2, 0.25) is 0 Å². The number of hydrogen-bond donors (Lipinski definition) is 1. The number of nitrogens with zero attached hydrogens (tertiary/aromatic N) is 2. The summed E-state index contributed by atoms with van der Waals surface area (Å²) in [6.45, 7) is 0. The monoisotopic (exact) mass is 293 g/mol. The average molecular weight is 293 g/mol. The first-order chi connectivity index (χ1) is 9.65. The van der Waals surface area contributed by atoms with Crippen LogP contribution in [0.25, 0.3) is 11.4 Å². The molecule has 0 bridgehead atoms. The van der Waals surface area contributed by atoms with Crippen LogP contribution in [0.1, 0.15) is 16.8 Å². The van der Waals surface area contributed by atoms with Gasteiger partial charge in [-0.3, -0.25) is 0 Å². The second-order valence-electron chi connectivity index (χ2n) is 4.08. The first-order valence-electron chi connectivity index (χ1n) is 5.73. The zero-order valence-electron chi connectivity index (χ0n) is 10.1. The van der Waals surface area contributed by atoms with Gasteiger partial charge in [-0.2, -0.15) is 4.98 Å². The maximum atomic E-state index is 13.2. The number of nitrogens with two attached hydrogens (primary N) is 1. The molecular formula is C13H9F2N3OS. The van der Waals surface area contributed by atoms with Crippen LogP contribution in [-0.4, -0.2) is 10.1 Å². The highest BCUT2D eigenvalue weighted by Crippen LogP contribution is 2.25. The molecule has 102 valence electrons. The Bertz CT molecular complexity index is 727. The van der Waals surface area contributed by atoms with Crippen LogP contribution in [0.5, 0.6) is 0 Å². The summed E-state index contributed by atoms with van der Waals surface area (Å²) < 4.78 is 31.1. The molecule has 0 aliphatic rings. The van der Waals surface area contributed by atoms with E-state index in [9.17, 15) is 8.78 Å². The van der Waals surface area contributed by atoms with E-state index in [1.54, 1.807) is 0 Å². The number of hydrogen-bond acceptors (Lipinski definition) is 5. The Kier molecular flexibility index (Phi) is 3.29. The molecule has 0 fully saturated rings. The maximum Gasteiger partial charge on any atom is 0.249 e. The summed E-state index contributed by atoms with van der Waals surface area (Å²) in [6, 6.07) is 6.61. The largest absolute Gasteiger partial charge is 0.337 e. The molecule has 4 nitrogen and oxygen atoms in total. The van der Waals surface area contributed by atoms with Crippen LogP contribution in [-0.2, 0) is 0 Å². The topological polar surface area (TPSA) is 64.9 Å². The van der Waals surface area contributed by atoms with Gasteiger partial charge < -0.3 is 10.3 Å². The molecule has 0 saturated carbocycles. The Morgan fingerprint density at radius 3 is 2.75 bits per heavy atom. The van der Waals surface area contributed by atoms with Crippen molar-refractivity contribution in [1.29, 1.82) is 0 Å². The van der Waals surface area contributed by atoms with Crippen molar-refractivity contribution < 1.29 is 13.3 Å². The van der Waals surface area contributed by atoms with Crippen LogP contribution < -0.4 is 5.73 Å². The second kappa shape index (κ2) is 5.10. The highest BCUT2D eigenvalue weighted by Gasteiger charge is 2.18. The highest BCUT2D eigenvalue weighted by atomic mass is 32.1. The van der Waals surface area contributed by atoms with Crippen molar-refractivity contribution in [2.45, 2.75) is 6.04 Å². The van der Waals surface area contributed by atoms with E-state index >= 15 is 0 Å². The quantitative estimate of drug-likeness (QED) is 0.805. The van der Waals surface area contributed by atoms with Gasteiger partial charge in [0.25, 0.3) is 0 Å². The van der Waals surface area contributed by atoms with E-state index in [0.29, 0.717) is 5.56 Å². The highest BCUT2D eigenvalue weighted by molar-refractivity contribution is 7.10. The molecular weight excluding hydrogens is 284 g/mol. The van der Waals surface area contributed by atoms with Crippen molar-refractivity contribution in [3.63, 3.8) is 0 Å². The van der Waals surface area contributed by atoms with Crippen molar-refractivity contribution >= 4 is 11.3 Å². The van der Waals surface area contributed by atoms with Crippen LogP contribution in [0.4, 0.5) is 8.78 Å². The second-order valence-corrected chi connectivity index (χ2v) is 5.06. The fourth-order valence-corrected chi connectivity index (χ4v) is 2.42. The van der Waals surface area contributed by atoms with Gasteiger partial charge in [-0.25, -0.2) is 8.78 Å². The van der Waals surface area contributed by atoms with Gasteiger partial charge in [0.2, 0.25) is 11.7 Å². The molecule has 0 aliphatic heterocycles. The lowest BCUT2D eigenvalue weighted by Gasteiger charge is -2.01. The lowest BCUT2D eigenvalue weighted by atomic mass is 10.2. The predicted molar refractivity (Wildman–Crippen MR) is 70.0 cm³/mol. The lowest BCUT2D eigenvalue weighted by molar-refractivity contribution is 0.368. The van der Waals surface area contributed by atoms with E-state index in [1.165, 1.54) is 17.4 Å². The smallest absolute Gasteiger partial charge is 0.249 e. The Balaban J connectivity index is 1.92. The Labute approximate surface area is 116 Å². The number of benzene rings is 1. The molecule has 3 rings (SSSR count). The standard InChI is InChI=1S/C13H9F2N3OS/c14-8-4-3-7(6-9(8)15)12-17-13(19-18-12)11(16)10-2-1-5-20-10/h1-6,11H,16H2. The van der Waals surface area contributed by atoms with Gasteiger partial charge in [0, 0.05) is 10.4 Å². The van der Waals surface area contributed by atoms with Crippen molar-refractivity contribution in [3.05, 3.63) is 58.1 Å². The maximum absolute atomic E-state index is 13.2. The van der Waals surface area contributed by atoms with Gasteiger partial charge in [-0.1, -0.05) is 11.2 Å². The van der Waals surface area contributed by atoms with E-state index in [0.717, 1.165) is 17.0 Å². The Morgan fingerprint density at radius 1 is 1.20 bits per heavy atom. The molecule has 0 amide bonds. The molecule has 0 radical (unpaired) electrons. The molecule has 1 atom stereocenters. The zero-order valence-corrected chi connectivity index (χ0v) is 10.9. The van der Waals surface area contributed by atoms with Crippen LogP contribution >= 0.6 is 11.3 Å². The molecule has 2 N–H and O–H groups in total. The van der Waals surface area contributed by atoms with E-state index in [2.05, 4.69) is 10.1 Å². The Hall–Kier alpha value is -2.12. The van der Waals surface area contributed by atoms with Gasteiger partial charge in [0.15, 0.2) is 11.6 Å². The molecule has 1 unspecified atom stereocenters. The summed E-state index contributed by atoms with van der Waals surface area (Å²) in [5.41, 5.74) is 6.32. The van der Waals surface area contributed by atoms with Crippen molar-refractivity contribution in [3.8, 4) is 11.4 Å². The summed E-state index contributed by atoms with van der Waals surface area (Å²) >= 11 is 1.47. The van der Waals surface area contributed by atoms with Crippen molar-refractivity contribution in [2.24, 2.45) is 5.73 Å². The number of rotatable bonds is 3. The van der Waals surface area contributed by atoms with Crippen molar-refractivity contribution in [1.82, 2.24) is 10.1 Å². The average Bonchev–Trinajstić information content (AvgIpc) is 3.11. The van der Waals surface area contributed by atoms with E-state index in [1.807, 2.05) is 17.5 Å². The first kappa shape index (κ1) is 12.9. The van der Waals surface area contributed by atoms with Gasteiger partial charge in [0.1, 0.15) is 6.04 Å². The van der Waals surface area contributed by atoms with Crippen LogP contribution in [0, 0.1) is 11.6 Å². The fourth-order valence-electron chi connectivity index (χ4n) is 1.70. The Morgan fingerprint density at radius 2 is 2.05 bits per heavy atom. The molecule has 1 aromatic carbocycles. The molecule has 0 aliphatic carbocycles. The van der Waals surface area contributed by atoms with Gasteiger partial charge in [0.05, 0.1) is 0 Å². The third-order valence-corrected chi connectivity index (χ3v) is 3.69. The minimum Gasteiger partial charge on any atom is -0.337 e. The fraction of sp³-hybridized carbons (Fsp3) is 0.0769. The molecule has 3 aromatic rings. The first-order valence-corrected chi connectivity index (χ1v) is 6.61. The lowest BCUT2D eigenvalue weighted by Crippen LogP contribution is -2.10. The normalized spacial score (nSPS) is 12.6. The van der Waals surface area contributed by atoms with Gasteiger partial charge >= 0.3 is 0 Å². The minimum absolute atomic E-state index is 0.172. The van der Waals surface area contributed by atoms with E-state index < -0.39 is 17.7 Å². The number of thiophene rings is 1. The number of halogens is 2. The summed E-state index contributed by atoms with van der Waals surface area (Å²) in [6.07, 6.45) is 0. The molecule has 0 spiro atoms. The predicted octanol–water partition coefficient (Wildman–Crippen LogP) is 3.12. The summed E-state index contributed by atoms with van der Waals surface area (Å²) in [5.74, 6) is -1.48. The molecule has 2 heterocycles. The SMILES string of the molecule is NC(c1nc(-c2ccc(F)c(F)c2)no1)c1cccs1.